The number of anilines is 1. The van der Waals surface area contributed by atoms with E-state index < -0.39 is 35.2 Å². The molecule has 2 aliphatic heterocycles. The number of carboxylic acid groups (broad SMARTS) is 1. The van der Waals surface area contributed by atoms with Crippen LogP contribution >= 0.6 is 0 Å². The molecule has 1 fully saturated rings. The van der Waals surface area contributed by atoms with Gasteiger partial charge in [0.15, 0.2) is 0 Å². The molecule has 1 aromatic carbocycles. The van der Waals surface area contributed by atoms with Gasteiger partial charge in [-0.2, -0.15) is 18.4 Å². The lowest BCUT2D eigenvalue weighted by molar-refractivity contribution is -0.138. The Hall–Kier alpha value is -3.39. The fraction of sp³-hybridized carbons (Fsp3) is 0.400. The monoisotopic (exact) mass is 436 g/mol. The molecule has 0 atom stereocenters. The van der Waals surface area contributed by atoms with E-state index in [0.29, 0.717) is 43.7 Å². The first kappa shape index (κ1) is 22.3. The Balaban J connectivity index is 1.75. The Morgan fingerprint density at radius 3 is 2.35 bits per heavy atom. The van der Waals surface area contributed by atoms with E-state index in [0.717, 1.165) is 12.1 Å². The van der Waals surface area contributed by atoms with Gasteiger partial charge in [-0.25, -0.2) is 9.69 Å². The van der Waals surface area contributed by atoms with Crippen LogP contribution in [0.2, 0.25) is 0 Å². The zero-order valence-electron chi connectivity index (χ0n) is 16.6. The molecular formula is C20H19F3N4O4. The largest absolute Gasteiger partial charge is 0.465 e. The van der Waals surface area contributed by atoms with Gasteiger partial charge in [-0.3, -0.25) is 14.5 Å². The number of hydrogen-bond acceptors (Lipinski definition) is 5. The maximum atomic E-state index is 13.3. The van der Waals surface area contributed by atoms with Crippen LogP contribution in [0.4, 0.5) is 23.7 Å². The van der Waals surface area contributed by atoms with Crippen molar-refractivity contribution in [2.45, 2.75) is 19.5 Å². The third kappa shape index (κ3) is 4.39. The Bertz CT molecular complexity index is 1000. The first-order valence-corrected chi connectivity index (χ1v) is 9.44. The van der Waals surface area contributed by atoms with Crippen LogP contribution in [-0.2, 0) is 15.8 Å². The summed E-state index contributed by atoms with van der Waals surface area (Å²) in [6.07, 6.45) is -5.59. The summed E-state index contributed by atoms with van der Waals surface area (Å²) < 4.78 is 39.8. The summed E-state index contributed by atoms with van der Waals surface area (Å²) in [4.78, 5) is 40.4. The van der Waals surface area contributed by atoms with E-state index in [1.165, 1.54) is 17.9 Å². The molecule has 3 rings (SSSR count). The summed E-state index contributed by atoms with van der Waals surface area (Å²) in [5.74, 6) is -1.39. The van der Waals surface area contributed by atoms with Gasteiger partial charge < -0.3 is 10.0 Å². The Morgan fingerprint density at radius 1 is 1.16 bits per heavy atom. The van der Waals surface area contributed by atoms with Crippen LogP contribution in [-0.4, -0.2) is 65.5 Å². The Labute approximate surface area is 175 Å². The number of carbonyl (C=O) groups excluding carboxylic acids is 2. The van der Waals surface area contributed by atoms with E-state index in [9.17, 15) is 27.6 Å². The summed E-state index contributed by atoms with van der Waals surface area (Å²) in [5, 5.41) is 17.9. The van der Waals surface area contributed by atoms with Crippen molar-refractivity contribution in [1.82, 2.24) is 9.80 Å². The predicted molar refractivity (Wildman–Crippen MR) is 102 cm³/mol. The van der Waals surface area contributed by atoms with E-state index in [-0.39, 0.29) is 23.3 Å². The van der Waals surface area contributed by atoms with Crippen LogP contribution in [0.1, 0.15) is 24.5 Å². The van der Waals surface area contributed by atoms with Gasteiger partial charge in [-0.15, -0.1) is 0 Å². The smallest absolute Gasteiger partial charge is 0.417 e. The zero-order chi connectivity index (χ0) is 22.9. The highest BCUT2D eigenvalue weighted by molar-refractivity contribution is 6.32. The van der Waals surface area contributed by atoms with E-state index >= 15 is 0 Å². The van der Waals surface area contributed by atoms with Gasteiger partial charge in [0.25, 0.3) is 11.8 Å². The van der Waals surface area contributed by atoms with Gasteiger partial charge >= 0.3 is 12.3 Å². The number of alkyl halides is 3. The van der Waals surface area contributed by atoms with Gasteiger partial charge in [-0.05, 0) is 31.5 Å². The number of rotatable bonds is 4. The fourth-order valence-electron chi connectivity index (χ4n) is 3.65. The quantitative estimate of drug-likeness (QED) is 0.727. The molecule has 1 saturated heterocycles. The van der Waals surface area contributed by atoms with E-state index in [1.807, 2.05) is 4.90 Å². The fourth-order valence-corrected chi connectivity index (χ4v) is 3.65. The molecule has 0 radical (unpaired) electrons. The van der Waals surface area contributed by atoms with Crippen molar-refractivity contribution in [1.29, 1.82) is 5.26 Å². The summed E-state index contributed by atoms with van der Waals surface area (Å²) in [5.41, 5.74) is -1.68. The van der Waals surface area contributed by atoms with Crippen molar-refractivity contribution in [3.8, 4) is 6.07 Å². The van der Waals surface area contributed by atoms with Crippen molar-refractivity contribution in [3.63, 3.8) is 0 Å². The third-order valence-electron chi connectivity index (χ3n) is 5.45. The minimum absolute atomic E-state index is 0.159. The predicted octanol–water partition coefficient (Wildman–Crippen LogP) is 2.45. The number of benzene rings is 1. The van der Waals surface area contributed by atoms with Crippen molar-refractivity contribution in [2.75, 3.05) is 37.6 Å². The summed E-state index contributed by atoms with van der Waals surface area (Å²) in [7, 11) is 0. The van der Waals surface area contributed by atoms with Crippen LogP contribution in [0.5, 0.6) is 0 Å². The van der Waals surface area contributed by atoms with Crippen LogP contribution in [0.15, 0.2) is 29.3 Å². The number of amides is 3. The van der Waals surface area contributed by atoms with E-state index in [2.05, 4.69) is 0 Å². The molecule has 2 heterocycles. The normalized spacial score (nSPS) is 18.0. The molecule has 1 N–H and O–H groups in total. The highest BCUT2D eigenvalue weighted by Crippen LogP contribution is 2.36. The average molecular weight is 436 g/mol. The van der Waals surface area contributed by atoms with Crippen LogP contribution in [0.25, 0.3) is 0 Å². The van der Waals surface area contributed by atoms with Crippen LogP contribution < -0.4 is 4.90 Å². The number of nitrogens with zero attached hydrogens (tertiary/aromatic N) is 4. The molecule has 0 saturated carbocycles. The first-order valence-electron chi connectivity index (χ1n) is 9.44. The molecular weight excluding hydrogens is 417 g/mol. The Kier molecular flexibility index (Phi) is 6.03. The highest BCUT2D eigenvalue weighted by atomic mass is 19.4. The standard InChI is InChI=1S/C20H19F3N4O4/c1-12-15(4-5-25-6-8-26(9-7-25)19(30)31)18(29)27(17(12)28)14-3-2-13(11-24)16(10-14)20(21,22)23/h2-3,10H,4-9H2,1H3,(H,30,31). The Morgan fingerprint density at radius 2 is 1.81 bits per heavy atom. The lowest BCUT2D eigenvalue weighted by Gasteiger charge is -2.33. The summed E-state index contributed by atoms with van der Waals surface area (Å²) >= 11 is 0. The van der Waals surface area contributed by atoms with Gasteiger partial charge in [0.05, 0.1) is 22.9 Å². The zero-order valence-corrected chi connectivity index (χ0v) is 16.6. The van der Waals surface area contributed by atoms with Crippen molar-refractivity contribution in [3.05, 3.63) is 40.5 Å². The van der Waals surface area contributed by atoms with E-state index in [1.54, 1.807) is 0 Å². The van der Waals surface area contributed by atoms with Crippen LogP contribution in [0.3, 0.4) is 0 Å². The van der Waals surface area contributed by atoms with Gasteiger partial charge in [-0.1, -0.05) is 0 Å². The van der Waals surface area contributed by atoms with Gasteiger partial charge in [0.1, 0.15) is 0 Å². The molecule has 0 bridgehead atoms. The molecule has 0 aliphatic carbocycles. The number of nitriles is 1. The number of hydrogen-bond donors (Lipinski definition) is 1. The van der Waals surface area contributed by atoms with Gasteiger partial charge in [0, 0.05) is 43.9 Å². The van der Waals surface area contributed by atoms with Gasteiger partial charge in [0.2, 0.25) is 0 Å². The van der Waals surface area contributed by atoms with E-state index in [4.69, 9.17) is 10.4 Å². The number of halogens is 3. The lowest BCUT2D eigenvalue weighted by Crippen LogP contribution is -2.48. The number of imide groups is 1. The molecule has 0 spiro atoms. The molecule has 2 aliphatic rings. The molecule has 31 heavy (non-hydrogen) atoms. The summed E-state index contributed by atoms with van der Waals surface area (Å²) in [6, 6.07) is 4.18. The molecule has 11 heteroatoms. The lowest BCUT2D eigenvalue weighted by atomic mass is 10.1. The summed E-state index contributed by atoms with van der Waals surface area (Å²) in [6.45, 7) is 3.49. The number of piperazine rings is 1. The molecule has 0 aromatic heterocycles. The maximum absolute atomic E-state index is 13.3. The molecule has 3 amide bonds. The number of carbonyl (C=O) groups is 3. The van der Waals surface area contributed by atoms with Crippen LogP contribution in [0, 0.1) is 11.3 Å². The minimum atomic E-state index is -4.81. The third-order valence-corrected chi connectivity index (χ3v) is 5.45. The topological polar surface area (TPSA) is 105 Å². The molecule has 1 aromatic rings. The van der Waals surface area contributed by atoms with Crippen molar-refractivity contribution in [2.24, 2.45) is 0 Å². The molecule has 164 valence electrons. The average Bonchev–Trinajstić information content (AvgIpc) is 2.94. The minimum Gasteiger partial charge on any atom is -0.465 e. The molecule has 8 nitrogen and oxygen atoms in total. The molecule has 0 unspecified atom stereocenters. The second-order valence-electron chi connectivity index (χ2n) is 7.25. The second kappa shape index (κ2) is 8.39. The van der Waals surface area contributed by atoms with Crippen molar-refractivity contribution < 1.29 is 32.7 Å². The second-order valence-corrected chi connectivity index (χ2v) is 7.25. The maximum Gasteiger partial charge on any atom is 0.417 e. The highest BCUT2D eigenvalue weighted by Gasteiger charge is 2.39. The van der Waals surface area contributed by atoms with Crippen molar-refractivity contribution >= 4 is 23.6 Å². The first-order chi connectivity index (χ1) is 14.5. The SMILES string of the molecule is CC1=C(CCN2CCN(C(=O)O)CC2)C(=O)N(c2ccc(C#N)c(C(F)(F)F)c2)C1=O.